The SMILES string of the molecule is CC(C)(C)c1ccc(Nc2cc3oc4ccccc4c3cc2-c2c3c4c(c5cc(C(C)(C)C)ccc5n4-c4c(sc5ccc(C(C)(C)C)cc45)B3)c3oc4ccccc4c23)cc1. The molecule has 0 amide bonds. The van der Waals surface area contributed by atoms with Crippen molar-refractivity contribution in [1.29, 1.82) is 0 Å². The lowest BCUT2D eigenvalue weighted by Gasteiger charge is -2.24. The zero-order chi connectivity index (χ0) is 42.6. The molecule has 1 aliphatic rings. The summed E-state index contributed by atoms with van der Waals surface area (Å²) in [6.45, 7) is 20.7. The molecule has 0 atom stereocenters. The topological polar surface area (TPSA) is 43.2 Å². The molecular formula is C56H49BN2O2S. The minimum atomic E-state index is -0.0329. The molecule has 0 bridgehead atoms. The summed E-state index contributed by atoms with van der Waals surface area (Å²) in [6.07, 6.45) is 0. The molecule has 0 saturated heterocycles. The fraction of sp³-hybridized carbons (Fsp3) is 0.214. The van der Waals surface area contributed by atoms with E-state index >= 15 is 0 Å². The molecule has 12 rings (SSSR count). The maximum atomic E-state index is 7.22. The van der Waals surface area contributed by atoms with Crippen LogP contribution in [0.5, 0.6) is 0 Å². The van der Waals surface area contributed by atoms with Gasteiger partial charge in [-0.3, -0.25) is 0 Å². The largest absolute Gasteiger partial charge is 0.456 e. The van der Waals surface area contributed by atoms with Gasteiger partial charge in [-0.2, -0.15) is 0 Å². The first-order valence-corrected chi connectivity index (χ1v) is 22.8. The smallest absolute Gasteiger partial charge is 0.211 e. The molecule has 0 radical (unpaired) electrons. The molecule has 4 aromatic heterocycles. The third-order valence-electron chi connectivity index (χ3n) is 13.5. The lowest BCUT2D eigenvalue weighted by atomic mass is 9.62. The number of para-hydroxylation sites is 2. The zero-order valence-electron chi connectivity index (χ0n) is 36.9. The maximum absolute atomic E-state index is 7.22. The van der Waals surface area contributed by atoms with E-state index in [1.807, 2.05) is 11.3 Å². The van der Waals surface area contributed by atoms with Crippen molar-refractivity contribution in [3.63, 3.8) is 0 Å². The van der Waals surface area contributed by atoms with Crippen LogP contribution in [0.2, 0.25) is 0 Å². The lowest BCUT2D eigenvalue weighted by Crippen LogP contribution is -2.35. The van der Waals surface area contributed by atoms with E-state index in [1.54, 1.807) is 0 Å². The highest BCUT2D eigenvalue weighted by atomic mass is 32.1. The van der Waals surface area contributed by atoms with Gasteiger partial charge in [0.05, 0.1) is 27.8 Å². The van der Waals surface area contributed by atoms with E-state index in [9.17, 15) is 0 Å². The van der Waals surface area contributed by atoms with Crippen molar-refractivity contribution in [1.82, 2.24) is 4.57 Å². The molecule has 0 aliphatic carbocycles. The van der Waals surface area contributed by atoms with E-state index in [2.05, 4.69) is 194 Å². The maximum Gasteiger partial charge on any atom is 0.211 e. The Morgan fingerprint density at radius 1 is 0.548 bits per heavy atom. The van der Waals surface area contributed by atoms with Crippen LogP contribution in [-0.4, -0.2) is 11.8 Å². The van der Waals surface area contributed by atoms with Crippen molar-refractivity contribution < 1.29 is 8.83 Å². The van der Waals surface area contributed by atoms with E-state index in [0.717, 1.165) is 68.1 Å². The van der Waals surface area contributed by atoms with E-state index < -0.39 is 0 Å². The summed E-state index contributed by atoms with van der Waals surface area (Å²) >= 11 is 1.94. The molecule has 1 aliphatic heterocycles. The fourth-order valence-electron chi connectivity index (χ4n) is 10.1. The third-order valence-corrected chi connectivity index (χ3v) is 14.6. The standard InChI is InChI=1S/C56H49BN2O2S/c1-54(2,3)30-18-22-33(23-19-30)58-40-29-44-36(34-14-10-12-16-42(34)60-44)28-37(40)46-47-35-15-11-13-17-43(35)61-52(47)48-38-26-31(55(4,5)6)20-24-41(38)59-50-39-27-32(56(7,8)9)21-25-45(39)62-53(50)57-49(46)51(48)59/h10-29,57-58H,1-9H3. The summed E-state index contributed by atoms with van der Waals surface area (Å²) in [5, 5.41) is 12.2. The Morgan fingerprint density at radius 2 is 1.18 bits per heavy atom. The number of benzene rings is 7. The van der Waals surface area contributed by atoms with Crippen molar-refractivity contribution >= 4 is 116 Å². The molecule has 0 saturated carbocycles. The van der Waals surface area contributed by atoms with Gasteiger partial charge in [-0.25, -0.2) is 0 Å². The first kappa shape index (κ1) is 37.5. The number of fused-ring (bicyclic) bond motifs is 14. The summed E-state index contributed by atoms with van der Waals surface area (Å²) < 4.78 is 19.1. The Morgan fingerprint density at radius 3 is 1.89 bits per heavy atom. The van der Waals surface area contributed by atoms with Crippen molar-refractivity contribution in [2.45, 2.75) is 78.6 Å². The number of aromatic nitrogens is 1. The molecule has 11 aromatic rings. The van der Waals surface area contributed by atoms with Gasteiger partial charge in [-0.15, -0.1) is 11.3 Å². The van der Waals surface area contributed by atoms with E-state index in [0.29, 0.717) is 0 Å². The number of thiophene rings is 1. The van der Waals surface area contributed by atoms with Crippen molar-refractivity contribution in [2.75, 3.05) is 5.32 Å². The highest BCUT2D eigenvalue weighted by Gasteiger charge is 2.35. The van der Waals surface area contributed by atoms with Gasteiger partial charge in [0.25, 0.3) is 0 Å². The van der Waals surface area contributed by atoms with Crippen LogP contribution in [0, 0.1) is 0 Å². The molecule has 0 fully saturated rings. The number of nitrogens with zero attached hydrogens (tertiary/aromatic N) is 1. The molecule has 7 aromatic carbocycles. The van der Waals surface area contributed by atoms with Gasteiger partial charge in [0.2, 0.25) is 7.28 Å². The normalized spacial score (nSPS) is 13.4. The van der Waals surface area contributed by atoms with Gasteiger partial charge in [-0.05, 0) is 103 Å². The molecule has 4 nitrogen and oxygen atoms in total. The minimum absolute atomic E-state index is 0.0191. The second-order valence-corrected chi connectivity index (χ2v) is 21.8. The van der Waals surface area contributed by atoms with Gasteiger partial charge in [0.15, 0.2) is 0 Å². The van der Waals surface area contributed by atoms with E-state index in [4.69, 9.17) is 8.83 Å². The Balaban J connectivity index is 1.26. The Kier molecular flexibility index (Phi) is 7.67. The summed E-state index contributed by atoms with van der Waals surface area (Å²) in [5.74, 6) is 0. The van der Waals surface area contributed by atoms with Crippen molar-refractivity contribution in [3.8, 4) is 16.8 Å². The fourth-order valence-corrected chi connectivity index (χ4v) is 11.3. The first-order valence-electron chi connectivity index (χ1n) is 22.0. The zero-order valence-corrected chi connectivity index (χ0v) is 37.7. The van der Waals surface area contributed by atoms with Gasteiger partial charge in [-0.1, -0.05) is 123 Å². The number of hydrogen-bond donors (Lipinski definition) is 1. The van der Waals surface area contributed by atoms with Gasteiger partial charge >= 0.3 is 0 Å². The Hall–Kier alpha value is -6.24. The van der Waals surface area contributed by atoms with Crippen LogP contribution in [0.15, 0.2) is 130 Å². The molecule has 1 N–H and O–H groups in total. The van der Waals surface area contributed by atoms with Crippen LogP contribution >= 0.6 is 11.3 Å². The molecule has 6 heteroatoms. The second-order valence-electron chi connectivity index (χ2n) is 20.7. The summed E-state index contributed by atoms with van der Waals surface area (Å²) in [7, 11) is 0.799. The van der Waals surface area contributed by atoms with E-state index in [1.165, 1.54) is 70.1 Å². The predicted octanol–water partition coefficient (Wildman–Crippen LogP) is 14.8. The number of rotatable bonds is 3. The molecule has 0 unspecified atom stereocenters. The van der Waals surface area contributed by atoms with Crippen LogP contribution in [-0.2, 0) is 16.2 Å². The van der Waals surface area contributed by atoms with Crippen LogP contribution in [0.1, 0.15) is 79.0 Å². The number of anilines is 2. The lowest BCUT2D eigenvalue weighted by molar-refractivity contribution is 0.590. The summed E-state index contributed by atoms with van der Waals surface area (Å²) in [6, 6.07) is 44.9. The van der Waals surface area contributed by atoms with E-state index in [-0.39, 0.29) is 16.2 Å². The third kappa shape index (κ3) is 5.45. The molecule has 304 valence electrons. The first-order chi connectivity index (χ1) is 29.6. The number of nitrogens with one attached hydrogen (secondary N) is 1. The molecule has 0 spiro atoms. The average molecular weight is 825 g/mol. The summed E-state index contributed by atoms with van der Waals surface area (Å²) in [4.78, 5) is 0. The van der Waals surface area contributed by atoms with Crippen LogP contribution in [0.4, 0.5) is 11.4 Å². The van der Waals surface area contributed by atoms with Crippen LogP contribution in [0.25, 0.3) is 92.6 Å². The second kappa shape index (κ2) is 12.7. The van der Waals surface area contributed by atoms with Crippen LogP contribution < -0.4 is 15.6 Å². The molecular weight excluding hydrogens is 776 g/mol. The van der Waals surface area contributed by atoms with Gasteiger partial charge < -0.3 is 18.7 Å². The number of furan rings is 2. The molecule has 62 heavy (non-hydrogen) atoms. The quantitative estimate of drug-likeness (QED) is 0.181. The van der Waals surface area contributed by atoms with Crippen molar-refractivity contribution in [2.24, 2.45) is 0 Å². The predicted molar refractivity (Wildman–Crippen MR) is 268 cm³/mol. The number of hydrogen-bond acceptors (Lipinski definition) is 4. The highest BCUT2D eigenvalue weighted by Crippen LogP contribution is 2.50. The monoisotopic (exact) mass is 824 g/mol. The molecule has 5 heterocycles. The van der Waals surface area contributed by atoms with Crippen molar-refractivity contribution in [3.05, 3.63) is 138 Å². The van der Waals surface area contributed by atoms with Crippen LogP contribution in [0.3, 0.4) is 0 Å². The average Bonchev–Trinajstić information content (AvgIpc) is 3.99. The Bertz CT molecular complexity index is 3690. The van der Waals surface area contributed by atoms with Gasteiger partial charge in [0, 0.05) is 54.3 Å². The minimum Gasteiger partial charge on any atom is -0.456 e. The van der Waals surface area contributed by atoms with Gasteiger partial charge in [0.1, 0.15) is 22.3 Å². The Labute approximate surface area is 366 Å². The summed E-state index contributed by atoms with van der Waals surface area (Å²) in [5.41, 5.74) is 17.0. The highest BCUT2D eigenvalue weighted by molar-refractivity contribution is 7.29.